The lowest BCUT2D eigenvalue weighted by atomic mass is 9.71. The number of piperidine rings is 1. The van der Waals surface area contributed by atoms with E-state index in [1.807, 2.05) is 29.2 Å². The molecule has 0 aromatic carbocycles. The van der Waals surface area contributed by atoms with E-state index in [1.54, 1.807) is 23.1 Å². The topological polar surface area (TPSA) is 97.4 Å². The fourth-order valence-corrected chi connectivity index (χ4v) is 6.87. The number of allylic oxidation sites excluding steroid dienone is 1. The van der Waals surface area contributed by atoms with Crippen LogP contribution in [0.1, 0.15) is 96.9 Å². The van der Waals surface area contributed by atoms with Gasteiger partial charge in [-0.15, -0.1) is 0 Å². The number of nitrogens with one attached hydrogen (secondary N) is 1. The molecule has 9 nitrogen and oxygen atoms in total. The van der Waals surface area contributed by atoms with Gasteiger partial charge in [0.25, 0.3) is 5.91 Å². The van der Waals surface area contributed by atoms with Crippen LogP contribution in [-0.2, 0) is 6.42 Å². The summed E-state index contributed by atoms with van der Waals surface area (Å²) in [5.41, 5.74) is 6.26. The van der Waals surface area contributed by atoms with Gasteiger partial charge in [0.2, 0.25) is 0 Å². The minimum absolute atomic E-state index is 0. The number of fused-ring (bicyclic) bond motifs is 2. The lowest BCUT2D eigenvalue weighted by Gasteiger charge is -2.31. The van der Waals surface area contributed by atoms with E-state index < -0.39 is 0 Å². The van der Waals surface area contributed by atoms with Crippen LogP contribution in [-0.4, -0.2) is 61.1 Å². The zero-order chi connectivity index (χ0) is 28.8. The number of rotatable bonds is 6. The molecule has 1 amide bonds. The fourth-order valence-electron chi connectivity index (χ4n) is 6.87. The molecule has 218 valence electrons. The lowest BCUT2D eigenvalue weighted by molar-refractivity contribution is 0.0751. The molecule has 0 atom stereocenters. The van der Waals surface area contributed by atoms with E-state index >= 15 is 0 Å². The Morgan fingerprint density at radius 2 is 1.86 bits per heavy atom. The average Bonchev–Trinajstić information content (AvgIpc) is 3.75. The molecular weight excluding hydrogens is 526 g/mol. The highest BCUT2D eigenvalue weighted by Crippen LogP contribution is 2.40. The van der Waals surface area contributed by atoms with Crippen LogP contribution < -0.4 is 5.32 Å². The molecule has 5 heterocycles. The molecule has 1 N–H and O–H groups in total. The Kier molecular flexibility index (Phi) is 6.77. The average molecular weight is 566 g/mol. The van der Waals surface area contributed by atoms with Crippen LogP contribution in [0, 0.1) is 5.41 Å². The molecule has 1 saturated heterocycles. The maximum atomic E-state index is 13.7. The van der Waals surface area contributed by atoms with E-state index in [2.05, 4.69) is 51.5 Å². The predicted molar refractivity (Wildman–Crippen MR) is 164 cm³/mol. The van der Waals surface area contributed by atoms with Gasteiger partial charge < -0.3 is 10.2 Å². The summed E-state index contributed by atoms with van der Waals surface area (Å²) in [7, 11) is 2.14. The summed E-state index contributed by atoms with van der Waals surface area (Å²) in [6.45, 7) is 4.21. The van der Waals surface area contributed by atoms with Crippen molar-refractivity contribution in [1.29, 1.82) is 0 Å². The van der Waals surface area contributed by atoms with Crippen molar-refractivity contribution in [3.63, 3.8) is 0 Å². The Labute approximate surface area is 247 Å². The highest BCUT2D eigenvalue weighted by Gasteiger charge is 2.36. The number of anilines is 1. The smallest absolute Gasteiger partial charge is 0.257 e. The van der Waals surface area contributed by atoms with E-state index in [9.17, 15) is 9.59 Å². The van der Waals surface area contributed by atoms with Crippen molar-refractivity contribution in [1.82, 2.24) is 29.3 Å². The molecule has 0 unspecified atom stereocenters. The first-order valence-electron chi connectivity index (χ1n) is 15.1. The third kappa shape index (κ3) is 4.85. The summed E-state index contributed by atoms with van der Waals surface area (Å²) in [4.78, 5) is 33.9. The van der Waals surface area contributed by atoms with Gasteiger partial charge in [0.1, 0.15) is 0 Å². The molecular formula is C33H39N7O2. The molecule has 3 aliphatic rings. The fraction of sp³-hybridized carbons (Fsp3) is 0.424. The molecule has 1 aliphatic heterocycles. The number of aromatic nitrogens is 5. The molecule has 4 aromatic heterocycles. The van der Waals surface area contributed by atoms with Gasteiger partial charge in [-0.3, -0.25) is 19.3 Å². The van der Waals surface area contributed by atoms with Crippen LogP contribution in [0.4, 0.5) is 5.69 Å². The Bertz CT molecular complexity index is 1710. The first-order valence-corrected chi connectivity index (χ1v) is 15.1. The second-order valence-corrected chi connectivity index (χ2v) is 12.5. The number of hydrogen-bond acceptors (Lipinski definition) is 6. The highest BCUT2D eigenvalue weighted by atomic mass is 16.1. The van der Waals surface area contributed by atoms with Crippen molar-refractivity contribution in [3.8, 4) is 0 Å². The quantitative estimate of drug-likeness (QED) is 0.296. The van der Waals surface area contributed by atoms with E-state index in [0.29, 0.717) is 29.3 Å². The normalized spacial score (nSPS) is 19.0. The van der Waals surface area contributed by atoms with Gasteiger partial charge in [0, 0.05) is 37.4 Å². The summed E-state index contributed by atoms with van der Waals surface area (Å²) < 4.78 is 3.76. The number of nitrogens with zero attached hydrogens (tertiary/aromatic N) is 6. The van der Waals surface area contributed by atoms with Crippen LogP contribution in [0.3, 0.4) is 0 Å². The number of hydrogen-bond donors (Lipinski definition) is 1. The van der Waals surface area contributed by atoms with Crippen molar-refractivity contribution in [2.45, 2.75) is 64.3 Å². The van der Waals surface area contributed by atoms with Crippen LogP contribution in [0.25, 0.3) is 11.1 Å². The number of amides is 1. The molecule has 2 fully saturated rings. The summed E-state index contributed by atoms with van der Waals surface area (Å²) in [5.74, 6) is -0.0192. The Hall–Kier alpha value is -4.11. The molecule has 7 rings (SSSR count). The Morgan fingerprint density at radius 3 is 2.67 bits per heavy atom. The summed E-state index contributed by atoms with van der Waals surface area (Å²) in [5, 5.41) is 12.0. The Balaban J connectivity index is 0.00000329. The third-order valence-electron chi connectivity index (χ3n) is 9.53. The number of ketones is 1. The van der Waals surface area contributed by atoms with Crippen molar-refractivity contribution in [2.24, 2.45) is 5.41 Å². The van der Waals surface area contributed by atoms with E-state index in [-0.39, 0.29) is 18.5 Å². The molecule has 0 radical (unpaired) electrons. The van der Waals surface area contributed by atoms with E-state index in [0.717, 1.165) is 79.5 Å². The van der Waals surface area contributed by atoms with E-state index in [4.69, 9.17) is 0 Å². The van der Waals surface area contributed by atoms with Gasteiger partial charge in [-0.2, -0.15) is 10.2 Å². The predicted octanol–water partition coefficient (Wildman–Crippen LogP) is 5.83. The first-order chi connectivity index (χ1) is 20.4. The van der Waals surface area contributed by atoms with E-state index in [1.165, 1.54) is 6.42 Å². The van der Waals surface area contributed by atoms with Crippen LogP contribution in [0.5, 0.6) is 0 Å². The van der Waals surface area contributed by atoms with Crippen molar-refractivity contribution in [3.05, 3.63) is 83.2 Å². The number of likely N-dealkylation sites (tertiary alicyclic amines) is 1. The van der Waals surface area contributed by atoms with Crippen molar-refractivity contribution in [2.75, 3.05) is 25.5 Å². The molecule has 42 heavy (non-hydrogen) atoms. The lowest BCUT2D eigenvalue weighted by Crippen LogP contribution is -2.31. The zero-order valence-electron chi connectivity index (χ0n) is 24.3. The third-order valence-corrected chi connectivity index (χ3v) is 9.53. The minimum atomic E-state index is -0.327. The summed E-state index contributed by atoms with van der Waals surface area (Å²) in [6.07, 6.45) is 19.1. The molecule has 4 aromatic rings. The van der Waals surface area contributed by atoms with Gasteiger partial charge in [0.05, 0.1) is 46.5 Å². The number of pyridine rings is 2. The first kappa shape index (κ1) is 26.8. The van der Waals surface area contributed by atoms with Crippen LogP contribution >= 0.6 is 0 Å². The second-order valence-electron chi connectivity index (χ2n) is 12.5. The molecule has 1 saturated carbocycles. The Morgan fingerprint density at radius 1 is 1.05 bits per heavy atom. The molecule has 0 spiro atoms. The van der Waals surface area contributed by atoms with Gasteiger partial charge in [-0.1, -0.05) is 32.3 Å². The van der Waals surface area contributed by atoms with Gasteiger partial charge in [-0.25, -0.2) is 4.52 Å². The zero-order valence-corrected chi connectivity index (χ0v) is 24.3. The highest BCUT2D eigenvalue weighted by molar-refractivity contribution is 6.06. The van der Waals surface area contributed by atoms with Gasteiger partial charge in [0.15, 0.2) is 5.78 Å². The number of carbonyl (C=O) groups excluding carboxylic acids is 2. The summed E-state index contributed by atoms with van der Waals surface area (Å²) >= 11 is 0. The van der Waals surface area contributed by atoms with Crippen LogP contribution in [0.2, 0.25) is 0 Å². The van der Waals surface area contributed by atoms with Gasteiger partial charge >= 0.3 is 0 Å². The number of carbonyl (C=O) groups is 2. The second kappa shape index (κ2) is 10.6. The SMILES string of the molecule is CN1CCC(n2cc(NC(=O)c3cnc4c(c3)C(c3ccn5ncc(C(=O)C6(C)CCCCC6)c5c3)=CC4)cn2)CC1.[HH]. The maximum absolute atomic E-state index is 13.7. The van der Waals surface area contributed by atoms with Crippen molar-refractivity contribution < 1.29 is 11.0 Å². The number of Topliss-reactive ketones (excluding diaryl/α,β-unsaturated/α-hetero) is 1. The monoisotopic (exact) mass is 565 g/mol. The standard InChI is InChI=1S/C33H37N7O2.H2/c1-33(11-4-3-5-12-33)31(41)28-20-36-39-15-8-22(17-30(28)39)26-6-7-29-27(26)16-23(18-34-29)32(42)37-24-19-35-40(21-24)25-9-13-38(2)14-10-25;/h6,8,15-21,25H,3-5,7,9-14H2,1-2H3,(H,37,42);1H. The maximum Gasteiger partial charge on any atom is 0.257 e. The van der Waals surface area contributed by atoms with Crippen LogP contribution in [0.15, 0.2) is 55.3 Å². The molecule has 9 heteroatoms. The van der Waals surface area contributed by atoms with Crippen molar-refractivity contribution >= 4 is 28.5 Å². The summed E-state index contributed by atoms with van der Waals surface area (Å²) in [6, 6.07) is 6.35. The van der Waals surface area contributed by atoms with Gasteiger partial charge in [-0.05, 0) is 75.2 Å². The molecule has 2 aliphatic carbocycles. The minimum Gasteiger partial charge on any atom is -0.319 e. The molecule has 0 bridgehead atoms. The largest absolute Gasteiger partial charge is 0.319 e.